The van der Waals surface area contributed by atoms with Crippen LogP contribution in [0, 0.1) is 0 Å². The fourth-order valence-electron chi connectivity index (χ4n) is 2.88. The Morgan fingerprint density at radius 1 is 1.00 bits per heavy atom. The standard InChI is InChI=1S/C24H27NO3/c1-4-17(3)19-8-12-21(13-9-19)27-16-22-14-15-23(28-22)24(26)25-20-10-6-18(5-2)7-11-20/h6-15,17H,4-5,16H2,1-3H3,(H,25,26). The van der Waals surface area contributed by atoms with Crippen LogP contribution < -0.4 is 10.1 Å². The third-order valence-corrected chi connectivity index (χ3v) is 4.95. The molecule has 1 N–H and O–H groups in total. The summed E-state index contributed by atoms with van der Waals surface area (Å²) < 4.78 is 11.4. The van der Waals surface area contributed by atoms with E-state index in [9.17, 15) is 4.79 Å². The fraction of sp³-hybridized carbons (Fsp3) is 0.292. The van der Waals surface area contributed by atoms with Crippen LogP contribution in [0.4, 0.5) is 5.69 Å². The molecular weight excluding hydrogens is 350 g/mol. The Balaban J connectivity index is 1.55. The number of benzene rings is 2. The lowest BCUT2D eigenvalue weighted by atomic mass is 9.99. The number of furan rings is 1. The first-order chi connectivity index (χ1) is 13.6. The summed E-state index contributed by atoms with van der Waals surface area (Å²) in [6.45, 7) is 6.77. The third kappa shape index (κ3) is 5.03. The Hall–Kier alpha value is -3.01. The summed E-state index contributed by atoms with van der Waals surface area (Å²) in [7, 11) is 0. The van der Waals surface area contributed by atoms with Crippen LogP contribution in [0.3, 0.4) is 0 Å². The number of carbonyl (C=O) groups is 1. The maximum Gasteiger partial charge on any atom is 0.291 e. The molecule has 0 radical (unpaired) electrons. The van der Waals surface area contributed by atoms with Crippen LogP contribution in [0.1, 0.15) is 60.6 Å². The van der Waals surface area contributed by atoms with E-state index in [1.165, 1.54) is 11.1 Å². The molecule has 146 valence electrons. The summed E-state index contributed by atoms with van der Waals surface area (Å²) in [5.74, 6) is 1.93. The van der Waals surface area contributed by atoms with Crippen molar-refractivity contribution in [2.24, 2.45) is 0 Å². The van der Waals surface area contributed by atoms with Gasteiger partial charge in [0.15, 0.2) is 5.76 Å². The molecule has 1 atom stereocenters. The fourth-order valence-corrected chi connectivity index (χ4v) is 2.88. The Kier molecular flexibility index (Phi) is 6.53. The lowest BCUT2D eigenvalue weighted by molar-refractivity contribution is 0.0992. The van der Waals surface area contributed by atoms with Gasteiger partial charge in [0.1, 0.15) is 18.1 Å². The molecule has 0 spiro atoms. The SMILES string of the molecule is CCc1ccc(NC(=O)c2ccc(COc3ccc(C(C)CC)cc3)o2)cc1. The van der Waals surface area contributed by atoms with Gasteiger partial charge in [0.25, 0.3) is 5.91 Å². The van der Waals surface area contributed by atoms with E-state index < -0.39 is 0 Å². The number of ether oxygens (including phenoxy) is 1. The molecular formula is C24H27NO3. The number of hydrogen-bond donors (Lipinski definition) is 1. The van der Waals surface area contributed by atoms with Gasteiger partial charge >= 0.3 is 0 Å². The predicted molar refractivity (Wildman–Crippen MR) is 112 cm³/mol. The van der Waals surface area contributed by atoms with Gasteiger partial charge in [0.2, 0.25) is 0 Å². The van der Waals surface area contributed by atoms with Gasteiger partial charge < -0.3 is 14.5 Å². The van der Waals surface area contributed by atoms with Crippen molar-refractivity contribution in [1.29, 1.82) is 0 Å². The molecule has 0 fully saturated rings. The average Bonchev–Trinajstić information content (AvgIpc) is 3.22. The van der Waals surface area contributed by atoms with Gasteiger partial charge in [-0.2, -0.15) is 0 Å². The first-order valence-electron chi connectivity index (χ1n) is 9.80. The summed E-state index contributed by atoms with van der Waals surface area (Å²) in [5.41, 5.74) is 3.28. The number of hydrogen-bond acceptors (Lipinski definition) is 3. The van der Waals surface area contributed by atoms with Crippen LogP contribution in [0.15, 0.2) is 65.1 Å². The van der Waals surface area contributed by atoms with Crippen molar-refractivity contribution in [1.82, 2.24) is 0 Å². The van der Waals surface area contributed by atoms with Gasteiger partial charge in [0.05, 0.1) is 0 Å². The number of amides is 1. The summed E-state index contributed by atoms with van der Waals surface area (Å²) in [5, 5.41) is 2.85. The molecule has 1 amide bonds. The summed E-state index contributed by atoms with van der Waals surface area (Å²) >= 11 is 0. The highest BCUT2D eigenvalue weighted by Crippen LogP contribution is 2.22. The van der Waals surface area contributed by atoms with E-state index in [1.54, 1.807) is 12.1 Å². The van der Waals surface area contributed by atoms with Crippen LogP contribution in [-0.2, 0) is 13.0 Å². The Morgan fingerprint density at radius 2 is 1.71 bits per heavy atom. The van der Waals surface area contributed by atoms with E-state index >= 15 is 0 Å². The quantitative estimate of drug-likeness (QED) is 0.509. The topological polar surface area (TPSA) is 51.5 Å². The number of nitrogens with one attached hydrogen (secondary N) is 1. The number of aryl methyl sites for hydroxylation is 1. The normalized spacial score (nSPS) is 11.8. The molecule has 3 rings (SSSR count). The summed E-state index contributed by atoms with van der Waals surface area (Å²) in [6.07, 6.45) is 2.08. The molecule has 1 heterocycles. The smallest absolute Gasteiger partial charge is 0.291 e. The van der Waals surface area contributed by atoms with Crippen LogP contribution in [-0.4, -0.2) is 5.91 Å². The van der Waals surface area contributed by atoms with Crippen LogP contribution in [0.25, 0.3) is 0 Å². The molecule has 0 saturated carbocycles. The van der Waals surface area contributed by atoms with Gasteiger partial charge in [0, 0.05) is 5.69 Å². The molecule has 4 nitrogen and oxygen atoms in total. The Labute approximate surface area is 166 Å². The van der Waals surface area contributed by atoms with Crippen LogP contribution >= 0.6 is 0 Å². The maximum atomic E-state index is 12.3. The molecule has 0 saturated heterocycles. The molecule has 0 aliphatic rings. The first-order valence-corrected chi connectivity index (χ1v) is 9.80. The second kappa shape index (κ2) is 9.27. The molecule has 0 aliphatic heterocycles. The van der Waals surface area contributed by atoms with Crippen molar-refractivity contribution < 1.29 is 13.9 Å². The van der Waals surface area contributed by atoms with E-state index in [2.05, 4.69) is 38.2 Å². The molecule has 1 unspecified atom stereocenters. The van der Waals surface area contributed by atoms with Gasteiger partial charge in [-0.05, 0) is 66.3 Å². The van der Waals surface area contributed by atoms with E-state index in [-0.39, 0.29) is 18.3 Å². The van der Waals surface area contributed by atoms with Crippen LogP contribution in [0.2, 0.25) is 0 Å². The second-order valence-corrected chi connectivity index (χ2v) is 6.94. The van der Waals surface area contributed by atoms with Gasteiger partial charge in [-0.25, -0.2) is 0 Å². The van der Waals surface area contributed by atoms with Crippen molar-refractivity contribution in [2.75, 3.05) is 5.32 Å². The first kappa shape index (κ1) is 19.7. The molecule has 4 heteroatoms. The number of carbonyl (C=O) groups excluding carboxylic acids is 1. The predicted octanol–water partition coefficient (Wildman–Crippen LogP) is 6.19. The summed E-state index contributed by atoms with van der Waals surface area (Å²) in [6, 6.07) is 19.4. The molecule has 1 aromatic heterocycles. The van der Waals surface area contributed by atoms with E-state index in [1.807, 2.05) is 36.4 Å². The monoisotopic (exact) mass is 377 g/mol. The molecule has 2 aromatic carbocycles. The zero-order valence-corrected chi connectivity index (χ0v) is 16.7. The van der Waals surface area contributed by atoms with Crippen molar-refractivity contribution in [3.05, 3.63) is 83.3 Å². The number of rotatable bonds is 8. The minimum atomic E-state index is -0.270. The molecule has 0 aliphatic carbocycles. The lowest BCUT2D eigenvalue weighted by Crippen LogP contribution is -2.10. The molecule has 3 aromatic rings. The highest BCUT2D eigenvalue weighted by Gasteiger charge is 2.12. The van der Waals surface area contributed by atoms with Crippen molar-refractivity contribution >= 4 is 11.6 Å². The highest BCUT2D eigenvalue weighted by atomic mass is 16.5. The van der Waals surface area contributed by atoms with Crippen LogP contribution in [0.5, 0.6) is 5.75 Å². The minimum Gasteiger partial charge on any atom is -0.486 e. The van der Waals surface area contributed by atoms with Gasteiger partial charge in [-0.3, -0.25) is 4.79 Å². The van der Waals surface area contributed by atoms with E-state index in [4.69, 9.17) is 9.15 Å². The highest BCUT2D eigenvalue weighted by molar-refractivity contribution is 6.02. The summed E-state index contributed by atoms with van der Waals surface area (Å²) in [4.78, 5) is 12.3. The molecule has 28 heavy (non-hydrogen) atoms. The minimum absolute atomic E-state index is 0.269. The maximum absolute atomic E-state index is 12.3. The zero-order valence-electron chi connectivity index (χ0n) is 16.7. The lowest BCUT2D eigenvalue weighted by Gasteiger charge is -2.10. The van der Waals surface area contributed by atoms with Gasteiger partial charge in [-0.1, -0.05) is 45.0 Å². The van der Waals surface area contributed by atoms with E-state index in [0.29, 0.717) is 11.7 Å². The van der Waals surface area contributed by atoms with E-state index in [0.717, 1.165) is 24.3 Å². The Morgan fingerprint density at radius 3 is 2.36 bits per heavy atom. The Bertz CT molecular complexity index is 894. The third-order valence-electron chi connectivity index (χ3n) is 4.95. The van der Waals surface area contributed by atoms with Crippen molar-refractivity contribution in [3.8, 4) is 5.75 Å². The zero-order chi connectivity index (χ0) is 19.9. The largest absolute Gasteiger partial charge is 0.486 e. The van der Waals surface area contributed by atoms with Crippen molar-refractivity contribution in [2.45, 2.75) is 46.1 Å². The average molecular weight is 377 g/mol. The number of anilines is 1. The van der Waals surface area contributed by atoms with Crippen molar-refractivity contribution in [3.63, 3.8) is 0 Å². The molecule has 0 bridgehead atoms. The van der Waals surface area contributed by atoms with Gasteiger partial charge in [-0.15, -0.1) is 0 Å². The second-order valence-electron chi connectivity index (χ2n) is 6.94.